The lowest BCUT2D eigenvalue weighted by Crippen LogP contribution is -2.18. The number of nitrogens with one attached hydrogen (secondary N) is 1. The van der Waals surface area contributed by atoms with E-state index in [0.717, 1.165) is 17.9 Å². The molecule has 0 spiro atoms. The number of ether oxygens (including phenoxy) is 1. The van der Waals surface area contributed by atoms with Crippen molar-refractivity contribution in [3.8, 4) is 0 Å². The average Bonchev–Trinajstić information content (AvgIpc) is 2.67. The van der Waals surface area contributed by atoms with Gasteiger partial charge in [0.15, 0.2) is 0 Å². The predicted octanol–water partition coefficient (Wildman–Crippen LogP) is 1.99. The Morgan fingerprint density at radius 3 is 2.43 bits per heavy atom. The standard InChI is InChI=1S/C15H22N2O4/c1-6-17-10(3)12(8-9-13(18)16-20-5)14(11(17)4)15(19)21-7-2/h8-9H,6-7H2,1-5H3,(H,16,18). The van der Waals surface area contributed by atoms with Crippen molar-refractivity contribution in [3.05, 3.63) is 28.6 Å². The fourth-order valence-corrected chi connectivity index (χ4v) is 2.34. The van der Waals surface area contributed by atoms with E-state index in [1.165, 1.54) is 13.2 Å². The van der Waals surface area contributed by atoms with Crippen LogP contribution in [0.4, 0.5) is 0 Å². The molecule has 1 aromatic rings. The summed E-state index contributed by atoms with van der Waals surface area (Å²) in [5.41, 5.74) is 5.14. The van der Waals surface area contributed by atoms with Gasteiger partial charge < -0.3 is 9.30 Å². The highest BCUT2D eigenvalue weighted by Gasteiger charge is 2.22. The molecule has 1 aromatic heterocycles. The molecule has 1 N–H and O–H groups in total. The molecule has 6 heteroatoms. The maximum Gasteiger partial charge on any atom is 0.340 e. The smallest absolute Gasteiger partial charge is 0.340 e. The Morgan fingerprint density at radius 2 is 1.90 bits per heavy atom. The minimum Gasteiger partial charge on any atom is -0.462 e. The largest absolute Gasteiger partial charge is 0.462 e. The van der Waals surface area contributed by atoms with Crippen molar-refractivity contribution in [2.45, 2.75) is 34.2 Å². The Labute approximate surface area is 124 Å². The van der Waals surface area contributed by atoms with Gasteiger partial charge in [0.05, 0.1) is 19.3 Å². The van der Waals surface area contributed by atoms with E-state index >= 15 is 0 Å². The summed E-state index contributed by atoms with van der Waals surface area (Å²) < 4.78 is 7.12. The van der Waals surface area contributed by atoms with Crippen LogP contribution in [0.1, 0.15) is 41.2 Å². The minimum atomic E-state index is -0.395. The number of hydroxylamine groups is 1. The molecule has 0 unspecified atom stereocenters. The summed E-state index contributed by atoms with van der Waals surface area (Å²) in [7, 11) is 1.36. The number of nitrogens with zero attached hydrogens (tertiary/aromatic N) is 1. The van der Waals surface area contributed by atoms with E-state index in [9.17, 15) is 9.59 Å². The van der Waals surface area contributed by atoms with E-state index in [2.05, 4.69) is 10.3 Å². The van der Waals surface area contributed by atoms with Gasteiger partial charge in [-0.2, -0.15) is 0 Å². The third-order valence-electron chi connectivity index (χ3n) is 3.23. The predicted molar refractivity (Wildman–Crippen MR) is 79.7 cm³/mol. The third kappa shape index (κ3) is 3.72. The van der Waals surface area contributed by atoms with Gasteiger partial charge in [0, 0.05) is 29.6 Å². The first-order valence-electron chi connectivity index (χ1n) is 6.85. The molecule has 21 heavy (non-hydrogen) atoms. The van der Waals surface area contributed by atoms with Gasteiger partial charge >= 0.3 is 5.97 Å². The number of aromatic nitrogens is 1. The Bertz CT molecular complexity index is 559. The Balaban J connectivity index is 3.28. The summed E-state index contributed by atoms with van der Waals surface area (Å²) in [6, 6.07) is 0. The fourth-order valence-electron chi connectivity index (χ4n) is 2.34. The lowest BCUT2D eigenvalue weighted by Gasteiger charge is -2.05. The van der Waals surface area contributed by atoms with Gasteiger partial charge in [0.1, 0.15) is 0 Å². The van der Waals surface area contributed by atoms with Crippen molar-refractivity contribution in [3.63, 3.8) is 0 Å². The van der Waals surface area contributed by atoms with Crippen LogP contribution in [0.15, 0.2) is 6.08 Å². The van der Waals surface area contributed by atoms with Crippen LogP contribution < -0.4 is 5.48 Å². The quantitative estimate of drug-likeness (QED) is 0.495. The van der Waals surface area contributed by atoms with Gasteiger partial charge in [-0.05, 0) is 33.8 Å². The fraction of sp³-hybridized carbons (Fsp3) is 0.467. The van der Waals surface area contributed by atoms with E-state index < -0.39 is 5.91 Å². The highest BCUT2D eigenvalue weighted by Crippen LogP contribution is 2.24. The van der Waals surface area contributed by atoms with Crippen molar-refractivity contribution < 1.29 is 19.2 Å². The van der Waals surface area contributed by atoms with E-state index in [0.29, 0.717) is 17.7 Å². The Morgan fingerprint density at radius 1 is 1.24 bits per heavy atom. The zero-order valence-electron chi connectivity index (χ0n) is 13.1. The van der Waals surface area contributed by atoms with Crippen LogP contribution >= 0.6 is 0 Å². The Kier molecular flexibility index (Phi) is 6.17. The highest BCUT2D eigenvalue weighted by molar-refractivity contribution is 5.98. The molecule has 6 nitrogen and oxygen atoms in total. The molecule has 1 rings (SSSR count). The summed E-state index contributed by atoms with van der Waals surface area (Å²) >= 11 is 0. The van der Waals surface area contributed by atoms with E-state index in [-0.39, 0.29) is 5.97 Å². The van der Waals surface area contributed by atoms with E-state index in [1.807, 2.05) is 25.3 Å². The topological polar surface area (TPSA) is 69.6 Å². The maximum absolute atomic E-state index is 12.1. The minimum absolute atomic E-state index is 0.307. The lowest BCUT2D eigenvalue weighted by molar-refractivity contribution is -0.126. The van der Waals surface area contributed by atoms with Gasteiger partial charge in [-0.3, -0.25) is 9.63 Å². The Hall–Kier alpha value is -2.08. The molecule has 0 atom stereocenters. The van der Waals surface area contributed by atoms with Crippen molar-refractivity contribution in [2.24, 2.45) is 0 Å². The summed E-state index contributed by atoms with van der Waals surface area (Å²) in [6.07, 6.45) is 2.93. The molecule has 0 saturated carbocycles. The summed E-state index contributed by atoms with van der Waals surface area (Å²) in [5, 5.41) is 0. The molecule has 0 aliphatic carbocycles. The maximum atomic E-state index is 12.1. The van der Waals surface area contributed by atoms with Gasteiger partial charge in [-0.1, -0.05) is 0 Å². The third-order valence-corrected chi connectivity index (χ3v) is 3.23. The van der Waals surface area contributed by atoms with Gasteiger partial charge in [0.25, 0.3) is 5.91 Å². The van der Waals surface area contributed by atoms with Crippen LogP contribution in [0.3, 0.4) is 0 Å². The normalized spacial score (nSPS) is 10.9. The molecule has 1 heterocycles. The van der Waals surface area contributed by atoms with Crippen LogP contribution in [-0.4, -0.2) is 30.2 Å². The molecule has 0 bridgehead atoms. The van der Waals surface area contributed by atoms with E-state index in [1.54, 1.807) is 13.0 Å². The molecule has 0 aliphatic rings. The van der Waals surface area contributed by atoms with Gasteiger partial charge in [0.2, 0.25) is 0 Å². The molecule has 0 aliphatic heterocycles. The van der Waals surface area contributed by atoms with Crippen LogP contribution in [0, 0.1) is 13.8 Å². The number of hydrogen-bond acceptors (Lipinski definition) is 4. The zero-order chi connectivity index (χ0) is 16.0. The van der Waals surface area contributed by atoms with Gasteiger partial charge in [-0.15, -0.1) is 0 Å². The molecular weight excluding hydrogens is 272 g/mol. The number of carbonyl (C=O) groups excluding carboxylic acids is 2. The van der Waals surface area contributed by atoms with Crippen molar-refractivity contribution in [1.29, 1.82) is 0 Å². The van der Waals surface area contributed by atoms with Gasteiger partial charge in [-0.25, -0.2) is 10.3 Å². The second-order valence-corrected chi connectivity index (χ2v) is 4.43. The van der Waals surface area contributed by atoms with Crippen molar-refractivity contribution in [1.82, 2.24) is 10.0 Å². The number of rotatable bonds is 6. The summed E-state index contributed by atoms with van der Waals surface area (Å²) in [6.45, 7) is 8.59. The summed E-state index contributed by atoms with van der Waals surface area (Å²) in [5.74, 6) is -0.772. The first-order valence-corrected chi connectivity index (χ1v) is 6.85. The second kappa shape index (κ2) is 7.64. The SMILES string of the molecule is CCOC(=O)c1c(C=CC(=O)NOC)c(C)n(CC)c1C. The first-order chi connectivity index (χ1) is 9.97. The van der Waals surface area contributed by atoms with Crippen LogP contribution in [-0.2, 0) is 20.9 Å². The second-order valence-electron chi connectivity index (χ2n) is 4.43. The van der Waals surface area contributed by atoms with Crippen LogP contribution in [0.2, 0.25) is 0 Å². The van der Waals surface area contributed by atoms with Crippen molar-refractivity contribution in [2.75, 3.05) is 13.7 Å². The lowest BCUT2D eigenvalue weighted by atomic mass is 10.1. The molecule has 116 valence electrons. The number of amides is 1. The number of esters is 1. The highest BCUT2D eigenvalue weighted by atomic mass is 16.6. The number of carbonyl (C=O) groups is 2. The van der Waals surface area contributed by atoms with Crippen LogP contribution in [0.25, 0.3) is 6.08 Å². The van der Waals surface area contributed by atoms with E-state index in [4.69, 9.17) is 4.74 Å². The molecule has 0 radical (unpaired) electrons. The molecule has 1 amide bonds. The monoisotopic (exact) mass is 294 g/mol. The zero-order valence-corrected chi connectivity index (χ0v) is 13.1. The first kappa shape index (κ1) is 17.0. The summed E-state index contributed by atoms with van der Waals surface area (Å²) in [4.78, 5) is 28.1. The molecule has 0 fully saturated rings. The molecule has 0 aromatic carbocycles. The van der Waals surface area contributed by atoms with Crippen LogP contribution in [0.5, 0.6) is 0 Å². The number of hydrogen-bond donors (Lipinski definition) is 1. The molecule has 0 saturated heterocycles. The molecular formula is C15H22N2O4. The average molecular weight is 294 g/mol. The van der Waals surface area contributed by atoms with Crippen molar-refractivity contribution >= 4 is 18.0 Å².